The number of H-pyrrole nitrogens is 1. The highest BCUT2D eigenvalue weighted by Crippen LogP contribution is 2.04. The highest BCUT2D eigenvalue weighted by Gasteiger charge is 2.01. The third-order valence-corrected chi connectivity index (χ3v) is 2.65. The molecule has 0 saturated heterocycles. The Kier molecular flexibility index (Phi) is 2.93. The van der Waals surface area contributed by atoms with E-state index in [-0.39, 0.29) is 5.69 Å². The summed E-state index contributed by atoms with van der Waals surface area (Å²) in [6.45, 7) is 1.54. The number of hydrogen-bond acceptors (Lipinski definition) is 6. The van der Waals surface area contributed by atoms with E-state index in [2.05, 4.69) is 30.8 Å². The second-order valence-corrected chi connectivity index (χ2v) is 3.98. The number of aryl methyl sites for hydroxylation is 1. The van der Waals surface area contributed by atoms with E-state index in [9.17, 15) is 4.79 Å². The summed E-state index contributed by atoms with van der Waals surface area (Å²) < 4.78 is 3.12. The number of nitrogens with zero attached hydrogens (tertiary/aromatic N) is 6. The van der Waals surface area contributed by atoms with Gasteiger partial charge in [0.05, 0.1) is 6.20 Å². The van der Waals surface area contributed by atoms with Crippen molar-refractivity contribution < 1.29 is 0 Å². The standard InChI is InChI=1S/C10H12N8O/c19-10-15-14-9-6-8(12-7-18(9)10)11-2-1-4-17-5-3-13-16-17/h3,5-7,11H,1-2,4H2,(H,15,19). The Morgan fingerprint density at radius 2 is 2.37 bits per heavy atom. The Hall–Kier alpha value is -2.71. The van der Waals surface area contributed by atoms with Crippen molar-refractivity contribution in [2.45, 2.75) is 13.0 Å². The van der Waals surface area contributed by atoms with Crippen molar-refractivity contribution in [3.8, 4) is 0 Å². The Morgan fingerprint density at radius 1 is 1.42 bits per heavy atom. The fourth-order valence-electron chi connectivity index (χ4n) is 1.72. The van der Waals surface area contributed by atoms with Crippen LogP contribution >= 0.6 is 0 Å². The van der Waals surface area contributed by atoms with Crippen LogP contribution in [0.2, 0.25) is 0 Å². The Morgan fingerprint density at radius 3 is 3.21 bits per heavy atom. The molecule has 9 nitrogen and oxygen atoms in total. The largest absolute Gasteiger partial charge is 0.370 e. The molecule has 0 aromatic carbocycles. The van der Waals surface area contributed by atoms with Crippen LogP contribution in [0.15, 0.2) is 29.6 Å². The zero-order valence-corrected chi connectivity index (χ0v) is 10.0. The van der Waals surface area contributed by atoms with Crippen molar-refractivity contribution >= 4 is 11.5 Å². The molecule has 0 aliphatic heterocycles. The molecule has 3 aromatic heterocycles. The molecular formula is C10H12N8O. The molecular weight excluding hydrogens is 248 g/mol. The van der Waals surface area contributed by atoms with Gasteiger partial charge in [-0.05, 0) is 6.42 Å². The van der Waals surface area contributed by atoms with Crippen molar-refractivity contribution in [2.24, 2.45) is 0 Å². The van der Waals surface area contributed by atoms with E-state index in [4.69, 9.17) is 0 Å². The van der Waals surface area contributed by atoms with E-state index in [1.54, 1.807) is 16.9 Å². The lowest BCUT2D eigenvalue weighted by molar-refractivity contribution is 0.569. The Balaban J connectivity index is 1.58. The molecule has 0 fully saturated rings. The molecule has 3 rings (SSSR count). The summed E-state index contributed by atoms with van der Waals surface area (Å²) in [6, 6.07) is 1.72. The molecule has 0 radical (unpaired) electrons. The maximum atomic E-state index is 11.3. The minimum absolute atomic E-state index is 0.291. The zero-order valence-electron chi connectivity index (χ0n) is 10.0. The van der Waals surface area contributed by atoms with Gasteiger partial charge in [-0.3, -0.25) is 4.68 Å². The van der Waals surface area contributed by atoms with E-state index in [1.165, 1.54) is 10.7 Å². The monoisotopic (exact) mass is 260 g/mol. The lowest BCUT2D eigenvalue weighted by atomic mass is 10.4. The fraction of sp³-hybridized carbons (Fsp3) is 0.300. The lowest BCUT2D eigenvalue weighted by Crippen LogP contribution is -2.11. The first kappa shape index (κ1) is 11.4. The van der Waals surface area contributed by atoms with Crippen LogP contribution in [0.3, 0.4) is 0 Å². The number of aromatic nitrogens is 7. The van der Waals surface area contributed by atoms with E-state index in [0.29, 0.717) is 11.5 Å². The van der Waals surface area contributed by atoms with Crippen molar-refractivity contribution in [1.82, 2.24) is 34.6 Å². The van der Waals surface area contributed by atoms with Crippen LogP contribution in [-0.4, -0.2) is 41.1 Å². The van der Waals surface area contributed by atoms with Crippen LogP contribution in [0.4, 0.5) is 5.82 Å². The van der Waals surface area contributed by atoms with Gasteiger partial charge in [0.15, 0.2) is 5.65 Å². The Bertz CT molecular complexity index is 713. The topological polar surface area (TPSA) is 106 Å². The number of rotatable bonds is 5. The number of nitrogens with one attached hydrogen (secondary N) is 2. The quantitative estimate of drug-likeness (QED) is 0.600. The first-order valence-corrected chi connectivity index (χ1v) is 5.84. The van der Waals surface area contributed by atoms with Crippen LogP contribution in [0.5, 0.6) is 0 Å². The maximum Gasteiger partial charge on any atom is 0.348 e. The summed E-state index contributed by atoms with van der Waals surface area (Å²) in [5.74, 6) is 0.685. The van der Waals surface area contributed by atoms with E-state index in [1.807, 2.05) is 6.20 Å². The van der Waals surface area contributed by atoms with Crippen molar-refractivity contribution in [2.75, 3.05) is 11.9 Å². The normalized spacial score (nSPS) is 10.9. The van der Waals surface area contributed by atoms with E-state index in [0.717, 1.165) is 19.5 Å². The second-order valence-electron chi connectivity index (χ2n) is 3.98. The van der Waals surface area contributed by atoms with Crippen molar-refractivity contribution in [3.63, 3.8) is 0 Å². The minimum atomic E-state index is -0.291. The van der Waals surface area contributed by atoms with Gasteiger partial charge in [0.2, 0.25) is 0 Å². The van der Waals surface area contributed by atoms with Crippen molar-refractivity contribution in [1.29, 1.82) is 0 Å². The van der Waals surface area contributed by atoms with Gasteiger partial charge >= 0.3 is 5.69 Å². The highest BCUT2D eigenvalue weighted by atomic mass is 16.1. The SMILES string of the molecule is O=c1[nH]nc2cc(NCCCn3ccnn3)ncn12. The molecule has 98 valence electrons. The van der Waals surface area contributed by atoms with Gasteiger partial charge in [-0.15, -0.1) is 5.10 Å². The van der Waals surface area contributed by atoms with Gasteiger partial charge in [0.1, 0.15) is 12.1 Å². The smallest absolute Gasteiger partial charge is 0.348 e. The van der Waals surface area contributed by atoms with Crippen LogP contribution in [0.1, 0.15) is 6.42 Å². The average molecular weight is 260 g/mol. The molecule has 3 heterocycles. The molecule has 19 heavy (non-hydrogen) atoms. The molecule has 0 saturated carbocycles. The first-order valence-electron chi connectivity index (χ1n) is 5.84. The minimum Gasteiger partial charge on any atom is -0.370 e. The van der Waals surface area contributed by atoms with E-state index < -0.39 is 0 Å². The second kappa shape index (κ2) is 4.88. The average Bonchev–Trinajstić information content (AvgIpc) is 3.05. The van der Waals surface area contributed by atoms with Crippen LogP contribution < -0.4 is 11.0 Å². The predicted octanol–water partition coefficient (Wildman–Crippen LogP) is -0.489. The van der Waals surface area contributed by atoms with Gasteiger partial charge in [0.25, 0.3) is 0 Å². The summed E-state index contributed by atoms with van der Waals surface area (Å²) in [5.41, 5.74) is 0.249. The molecule has 3 aromatic rings. The summed E-state index contributed by atoms with van der Waals surface area (Å²) in [6.07, 6.45) is 5.81. The van der Waals surface area contributed by atoms with Gasteiger partial charge in [0, 0.05) is 25.4 Å². The number of aromatic amines is 1. The highest BCUT2D eigenvalue weighted by molar-refractivity contribution is 5.48. The lowest BCUT2D eigenvalue weighted by Gasteiger charge is -2.05. The molecule has 0 spiro atoms. The van der Waals surface area contributed by atoms with Crippen LogP contribution in [-0.2, 0) is 6.54 Å². The molecule has 2 N–H and O–H groups in total. The van der Waals surface area contributed by atoms with Crippen molar-refractivity contribution in [3.05, 3.63) is 35.3 Å². The Labute approximate surface area is 107 Å². The molecule has 0 unspecified atom stereocenters. The summed E-state index contributed by atoms with van der Waals surface area (Å²) >= 11 is 0. The fourth-order valence-corrected chi connectivity index (χ4v) is 1.72. The third-order valence-electron chi connectivity index (χ3n) is 2.65. The number of hydrogen-bond donors (Lipinski definition) is 2. The van der Waals surface area contributed by atoms with Gasteiger partial charge in [-0.2, -0.15) is 5.10 Å². The third kappa shape index (κ3) is 2.44. The number of fused-ring (bicyclic) bond motifs is 1. The molecule has 0 atom stereocenters. The van der Waals surface area contributed by atoms with E-state index >= 15 is 0 Å². The molecule has 9 heteroatoms. The molecule has 0 aliphatic carbocycles. The molecule has 0 bridgehead atoms. The van der Waals surface area contributed by atoms with Crippen LogP contribution in [0, 0.1) is 0 Å². The van der Waals surface area contributed by atoms with Gasteiger partial charge in [-0.25, -0.2) is 19.3 Å². The molecule has 0 amide bonds. The predicted molar refractivity (Wildman–Crippen MR) is 66.7 cm³/mol. The van der Waals surface area contributed by atoms with Gasteiger partial charge in [-0.1, -0.05) is 5.21 Å². The van der Waals surface area contributed by atoms with Crippen LogP contribution in [0.25, 0.3) is 5.65 Å². The zero-order chi connectivity index (χ0) is 13.1. The molecule has 0 aliphatic rings. The maximum absolute atomic E-state index is 11.3. The summed E-state index contributed by atoms with van der Waals surface area (Å²) in [5, 5.41) is 17.0. The number of anilines is 1. The first-order chi connectivity index (χ1) is 9.33. The van der Waals surface area contributed by atoms with Gasteiger partial charge < -0.3 is 5.32 Å². The summed E-state index contributed by atoms with van der Waals surface area (Å²) in [7, 11) is 0. The summed E-state index contributed by atoms with van der Waals surface area (Å²) in [4.78, 5) is 15.4.